The smallest absolute Gasteiger partial charge is 0.250 e. The van der Waals surface area contributed by atoms with Gasteiger partial charge >= 0.3 is 0 Å². The predicted molar refractivity (Wildman–Crippen MR) is 95.6 cm³/mol. The van der Waals surface area contributed by atoms with Gasteiger partial charge in [-0.1, -0.05) is 12.1 Å². The summed E-state index contributed by atoms with van der Waals surface area (Å²) in [7, 11) is 0. The molecule has 23 heavy (non-hydrogen) atoms. The van der Waals surface area contributed by atoms with Crippen molar-refractivity contribution in [2.75, 3.05) is 43.0 Å². The number of hydrogen-bond acceptors (Lipinski definition) is 4. The molecule has 0 saturated carbocycles. The Morgan fingerprint density at radius 1 is 1.22 bits per heavy atom. The number of hydrogen-bond donors (Lipinski definition) is 2. The fraction of sp³-hybridized carbons (Fsp3) is 0.588. The Labute approximate surface area is 144 Å². The third-order valence-electron chi connectivity index (χ3n) is 4.36. The maximum absolute atomic E-state index is 12.2. The minimum absolute atomic E-state index is 0. The van der Waals surface area contributed by atoms with E-state index in [1.54, 1.807) is 0 Å². The highest BCUT2D eigenvalue weighted by atomic mass is 35.5. The second kappa shape index (κ2) is 9.11. The average Bonchev–Trinajstić information content (AvgIpc) is 3.09. The minimum Gasteiger partial charge on any atom is -0.370 e. The summed E-state index contributed by atoms with van der Waals surface area (Å²) < 4.78 is 5.72. The van der Waals surface area contributed by atoms with Crippen molar-refractivity contribution in [3.05, 3.63) is 24.3 Å². The highest BCUT2D eigenvalue weighted by Crippen LogP contribution is 2.28. The molecule has 6 heteroatoms. The van der Waals surface area contributed by atoms with Crippen molar-refractivity contribution < 1.29 is 9.53 Å². The largest absolute Gasteiger partial charge is 0.370 e. The summed E-state index contributed by atoms with van der Waals surface area (Å²) in [5, 5.41) is 6.30. The van der Waals surface area contributed by atoms with Crippen LogP contribution in [0.25, 0.3) is 0 Å². The number of carbonyl (C=O) groups excluding carboxylic acids is 1. The lowest BCUT2D eigenvalue weighted by Gasteiger charge is -2.23. The van der Waals surface area contributed by atoms with Crippen LogP contribution in [-0.2, 0) is 9.53 Å². The number of rotatable bonds is 5. The first kappa shape index (κ1) is 18.0. The SMILES string of the molecule is Cl.O=C(COC1CCNCC1)Nc1ccccc1N1CCCC1. The van der Waals surface area contributed by atoms with Crippen LogP contribution < -0.4 is 15.5 Å². The Morgan fingerprint density at radius 3 is 2.65 bits per heavy atom. The van der Waals surface area contributed by atoms with E-state index in [9.17, 15) is 4.79 Å². The van der Waals surface area contributed by atoms with Gasteiger partial charge in [0, 0.05) is 13.1 Å². The van der Waals surface area contributed by atoms with E-state index in [4.69, 9.17) is 4.74 Å². The normalized spacial score (nSPS) is 18.5. The van der Waals surface area contributed by atoms with Gasteiger partial charge in [-0.2, -0.15) is 0 Å². The molecule has 128 valence electrons. The number of ether oxygens (including phenoxy) is 1. The molecule has 0 atom stereocenters. The van der Waals surface area contributed by atoms with Gasteiger partial charge in [0.05, 0.1) is 17.5 Å². The van der Waals surface area contributed by atoms with Gasteiger partial charge in [-0.05, 0) is 50.9 Å². The predicted octanol–water partition coefficient (Wildman–Crippen LogP) is 2.42. The fourth-order valence-corrected chi connectivity index (χ4v) is 3.16. The summed E-state index contributed by atoms with van der Waals surface area (Å²) >= 11 is 0. The second-order valence-corrected chi connectivity index (χ2v) is 6.02. The molecule has 2 aliphatic heterocycles. The summed E-state index contributed by atoms with van der Waals surface area (Å²) in [6.07, 6.45) is 4.62. The van der Waals surface area contributed by atoms with Gasteiger partial charge < -0.3 is 20.3 Å². The first-order valence-electron chi connectivity index (χ1n) is 8.29. The topological polar surface area (TPSA) is 53.6 Å². The first-order valence-corrected chi connectivity index (χ1v) is 8.29. The van der Waals surface area contributed by atoms with E-state index in [0.717, 1.165) is 50.4 Å². The minimum atomic E-state index is -0.0646. The molecule has 2 fully saturated rings. The molecule has 2 aliphatic rings. The highest BCUT2D eigenvalue weighted by Gasteiger charge is 2.18. The van der Waals surface area contributed by atoms with Crippen LogP contribution in [0.15, 0.2) is 24.3 Å². The maximum atomic E-state index is 12.2. The van der Waals surface area contributed by atoms with Crippen molar-refractivity contribution in [3.8, 4) is 0 Å². The standard InChI is InChI=1S/C17H25N3O2.ClH/c21-17(13-22-14-7-9-18-10-8-14)19-15-5-1-2-6-16(15)20-11-3-4-12-20;/h1-2,5-6,14,18H,3-4,7-13H2,(H,19,21);1H. The molecule has 3 rings (SSSR count). The molecule has 1 aromatic carbocycles. The van der Waals surface area contributed by atoms with Gasteiger partial charge in [0.2, 0.25) is 5.91 Å². The van der Waals surface area contributed by atoms with Gasteiger partial charge in [-0.25, -0.2) is 0 Å². The molecule has 2 saturated heterocycles. The van der Waals surface area contributed by atoms with E-state index in [2.05, 4.69) is 21.6 Å². The van der Waals surface area contributed by atoms with Crippen molar-refractivity contribution in [1.82, 2.24) is 5.32 Å². The molecule has 0 bridgehead atoms. The van der Waals surface area contributed by atoms with Crippen LogP contribution in [0.4, 0.5) is 11.4 Å². The van der Waals surface area contributed by atoms with E-state index in [0.29, 0.717) is 0 Å². The molecule has 0 spiro atoms. The maximum Gasteiger partial charge on any atom is 0.250 e. The molecular weight excluding hydrogens is 314 g/mol. The zero-order valence-corrected chi connectivity index (χ0v) is 14.2. The monoisotopic (exact) mass is 339 g/mol. The van der Waals surface area contributed by atoms with Crippen molar-refractivity contribution in [1.29, 1.82) is 0 Å². The molecule has 2 heterocycles. The highest BCUT2D eigenvalue weighted by molar-refractivity contribution is 5.95. The van der Waals surface area contributed by atoms with Crippen molar-refractivity contribution in [3.63, 3.8) is 0 Å². The number of nitrogens with one attached hydrogen (secondary N) is 2. The Morgan fingerprint density at radius 2 is 1.91 bits per heavy atom. The van der Waals surface area contributed by atoms with Crippen LogP contribution in [0.2, 0.25) is 0 Å². The summed E-state index contributed by atoms with van der Waals surface area (Å²) in [6.45, 7) is 4.23. The third-order valence-corrected chi connectivity index (χ3v) is 4.36. The Balaban J connectivity index is 0.00000192. The number of anilines is 2. The zero-order chi connectivity index (χ0) is 15.2. The van der Waals surface area contributed by atoms with Gasteiger partial charge in [0.25, 0.3) is 0 Å². The molecule has 0 aromatic heterocycles. The van der Waals surface area contributed by atoms with Crippen LogP contribution in [-0.4, -0.2) is 44.8 Å². The summed E-state index contributed by atoms with van der Waals surface area (Å²) in [5.41, 5.74) is 2.01. The van der Waals surface area contributed by atoms with Gasteiger partial charge in [0.15, 0.2) is 0 Å². The van der Waals surface area contributed by atoms with Gasteiger partial charge in [-0.15, -0.1) is 12.4 Å². The Kier molecular flexibility index (Phi) is 7.15. The third kappa shape index (κ3) is 5.09. The molecule has 1 aromatic rings. The van der Waals surface area contributed by atoms with E-state index in [1.807, 2.05) is 18.2 Å². The quantitative estimate of drug-likeness (QED) is 0.865. The molecule has 2 N–H and O–H groups in total. The number of amides is 1. The summed E-state index contributed by atoms with van der Waals surface area (Å²) in [5.74, 6) is -0.0646. The number of nitrogens with zero attached hydrogens (tertiary/aromatic N) is 1. The summed E-state index contributed by atoms with van der Waals surface area (Å²) in [6, 6.07) is 8.03. The van der Waals surface area contributed by atoms with Crippen LogP contribution in [0.5, 0.6) is 0 Å². The van der Waals surface area contributed by atoms with Crippen molar-refractivity contribution in [2.24, 2.45) is 0 Å². The lowest BCUT2D eigenvalue weighted by molar-refractivity contribution is -0.123. The lowest BCUT2D eigenvalue weighted by atomic mass is 10.1. The second-order valence-electron chi connectivity index (χ2n) is 6.02. The number of halogens is 1. The number of carbonyl (C=O) groups is 1. The Hall–Kier alpha value is -1.30. The first-order chi connectivity index (χ1) is 10.8. The Bertz CT molecular complexity index is 500. The molecule has 1 amide bonds. The van der Waals surface area contributed by atoms with E-state index in [1.165, 1.54) is 12.8 Å². The van der Waals surface area contributed by atoms with E-state index in [-0.39, 0.29) is 31.0 Å². The van der Waals surface area contributed by atoms with Crippen molar-refractivity contribution >= 4 is 29.7 Å². The molecular formula is C17H26ClN3O2. The van der Waals surface area contributed by atoms with E-state index >= 15 is 0 Å². The summed E-state index contributed by atoms with van der Waals surface area (Å²) in [4.78, 5) is 14.5. The van der Waals surface area contributed by atoms with Crippen LogP contribution in [0.3, 0.4) is 0 Å². The molecule has 0 unspecified atom stereocenters. The van der Waals surface area contributed by atoms with Crippen molar-refractivity contribution in [2.45, 2.75) is 31.8 Å². The molecule has 0 aliphatic carbocycles. The average molecular weight is 340 g/mol. The number of piperidine rings is 1. The fourth-order valence-electron chi connectivity index (χ4n) is 3.16. The van der Waals surface area contributed by atoms with E-state index < -0.39 is 0 Å². The van der Waals surface area contributed by atoms with Gasteiger partial charge in [0.1, 0.15) is 6.61 Å². The lowest BCUT2D eigenvalue weighted by Crippen LogP contribution is -2.34. The number of para-hydroxylation sites is 2. The van der Waals surface area contributed by atoms with Crippen LogP contribution in [0, 0.1) is 0 Å². The van der Waals surface area contributed by atoms with Gasteiger partial charge in [-0.3, -0.25) is 4.79 Å². The number of benzene rings is 1. The van der Waals surface area contributed by atoms with Crippen LogP contribution >= 0.6 is 12.4 Å². The van der Waals surface area contributed by atoms with Crippen LogP contribution in [0.1, 0.15) is 25.7 Å². The molecule has 5 nitrogen and oxygen atoms in total. The molecule has 0 radical (unpaired) electrons. The zero-order valence-electron chi connectivity index (χ0n) is 13.4.